The maximum Gasteiger partial charge on any atom is 0.422 e. The number of aliphatic imine (C=N–C) groups is 1. The Kier molecular flexibility index (Phi) is 9.46. The Bertz CT molecular complexity index is 870. The highest BCUT2D eigenvalue weighted by molar-refractivity contribution is 5.85. The molecule has 2 aliphatic rings. The molecule has 1 aliphatic heterocycles. The number of esters is 2. The lowest BCUT2D eigenvalue weighted by atomic mass is 9.83. The van der Waals surface area contributed by atoms with Crippen LogP contribution in [0.3, 0.4) is 0 Å². The van der Waals surface area contributed by atoms with Crippen LogP contribution < -0.4 is 5.73 Å². The normalized spacial score (nSPS) is 22.9. The average Bonchev–Trinajstić information content (AvgIpc) is 3.19. The number of nitrogens with two attached hydrogens (primary N) is 1. The summed E-state index contributed by atoms with van der Waals surface area (Å²) in [4.78, 5) is 41.9. The Morgan fingerprint density at radius 2 is 1.57 bits per heavy atom. The number of hydrogen-bond donors (Lipinski definition) is 1. The second-order valence-electron chi connectivity index (χ2n) is 8.15. The van der Waals surface area contributed by atoms with Crippen LogP contribution in [0.25, 0.3) is 0 Å². The van der Waals surface area contributed by atoms with E-state index in [1.54, 1.807) is 18.4 Å². The van der Waals surface area contributed by atoms with Crippen molar-refractivity contribution in [3.05, 3.63) is 24.3 Å². The predicted molar refractivity (Wildman–Crippen MR) is 110 cm³/mol. The number of carbonyl (C=O) groups excluding carboxylic acids is 3. The summed E-state index contributed by atoms with van der Waals surface area (Å²) < 4.78 is 82.6. The van der Waals surface area contributed by atoms with Crippen molar-refractivity contribution in [3.63, 3.8) is 0 Å². The number of alkyl halides is 6. The standard InChI is InChI=1S/C21H25F6N3O5/c1-30(17(31)7-6-14(28)18(32)34-10-20(22,23)24)16(19(33)35-11-21(25,26)27)8-12-9-29-15-5-3-2-4-13(12)15/h2-5,9,12-16H,6-8,10-11,28H2,1H3. The number of hydrogen-bond acceptors (Lipinski definition) is 7. The van der Waals surface area contributed by atoms with Gasteiger partial charge >= 0.3 is 24.3 Å². The SMILES string of the molecule is CN(C(=O)CCC(N)C(=O)OCC(F)(F)F)C(CC1C=NC2C=CC=CC12)C(=O)OCC(F)(F)F. The summed E-state index contributed by atoms with van der Waals surface area (Å²) in [5.74, 6) is -3.95. The third-order valence-electron chi connectivity index (χ3n) is 5.45. The van der Waals surface area contributed by atoms with Crippen molar-refractivity contribution in [2.75, 3.05) is 20.3 Å². The average molecular weight is 513 g/mol. The summed E-state index contributed by atoms with van der Waals surface area (Å²) in [6.45, 7) is -3.68. The molecule has 2 N–H and O–H groups in total. The number of rotatable bonds is 10. The van der Waals surface area contributed by atoms with Crippen LogP contribution in [-0.4, -0.2) is 79.7 Å². The van der Waals surface area contributed by atoms with Crippen molar-refractivity contribution < 1.29 is 50.2 Å². The van der Waals surface area contributed by atoms with E-state index in [1.807, 2.05) is 12.2 Å². The van der Waals surface area contributed by atoms with E-state index in [1.165, 1.54) is 7.05 Å². The van der Waals surface area contributed by atoms with Gasteiger partial charge in [-0.25, -0.2) is 4.79 Å². The molecule has 35 heavy (non-hydrogen) atoms. The number of nitrogens with zero attached hydrogens (tertiary/aromatic N) is 2. The molecule has 196 valence electrons. The molecule has 14 heteroatoms. The predicted octanol–water partition coefficient (Wildman–Crippen LogP) is 2.33. The van der Waals surface area contributed by atoms with Gasteiger partial charge in [-0.2, -0.15) is 26.3 Å². The Hall–Kier alpha value is -2.90. The Labute approximate surface area is 196 Å². The lowest BCUT2D eigenvalue weighted by Crippen LogP contribution is -2.46. The minimum Gasteiger partial charge on any atom is -0.455 e. The minimum absolute atomic E-state index is 0.0819. The van der Waals surface area contributed by atoms with Gasteiger partial charge in [0.25, 0.3) is 0 Å². The third kappa shape index (κ3) is 9.00. The molecule has 0 aromatic heterocycles. The second-order valence-corrected chi connectivity index (χ2v) is 8.15. The fraction of sp³-hybridized carbons (Fsp3) is 0.619. The molecule has 8 nitrogen and oxygen atoms in total. The van der Waals surface area contributed by atoms with E-state index < -0.39 is 68.3 Å². The number of fused-ring (bicyclic) bond motifs is 1. The zero-order valence-corrected chi connectivity index (χ0v) is 18.6. The highest BCUT2D eigenvalue weighted by Gasteiger charge is 2.39. The fourth-order valence-corrected chi connectivity index (χ4v) is 3.61. The van der Waals surface area contributed by atoms with E-state index in [0.29, 0.717) is 0 Å². The van der Waals surface area contributed by atoms with E-state index in [0.717, 1.165) is 4.90 Å². The van der Waals surface area contributed by atoms with Crippen molar-refractivity contribution in [2.24, 2.45) is 22.6 Å². The summed E-state index contributed by atoms with van der Waals surface area (Å²) in [5, 5.41) is 0. The Balaban J connectivity index is 2.03. The summed E-state index contributed by atoms with van der Waals surface area (Å²) in [6.07, 6.45) is -1.69. The lowest BCUT2D eigenvalue weighted by molar-refractivity contribution is -0.190. The maximum atomic E-state index is 12.6. The first-order valence-electron chi connectivity index (χ1n) is 10.5. The molecule has 0 bridgehead atoms. The number of likely N-dealkylation sites (N-methyl/N-ethyl adjacent to an activating group) is 1. The van der Waals surface area contributed by atoms with E-state index >= 15 is 0 Å². The van der Waals surface area contributed by atoms with E-state index in [4.69, 9.17) is 5.73 Å². The van der Waals surface area contributed by atoms with Gasteiger partial charge in [0.05, 0.1) is 6.04 Å². The summed E-state index contributed by atoms with van der Waals surface area (Å²) in [7, 11) is 1.18. The molecule has 1 amide bonds. The van der Waals surface area contributed by atoms with Crippen molar-refractivity contribution in [3.8, 4) is 0 Å². The third-order valence-corrected chi connectivity index (χ3v) is 5.45. The molecule has 0 aromatic carbocycles. The number of amides is 1. The first kappa shape index (κ1) is 28.3. The second kappa shape index (κ2) is 11.7. The topological polar surface area (TPSA) is 111 Å². The number of ether oxygens (including phenoxy) is 2. The van der Waals surface area contributed by atoms with Gasteiger partial charge in [-0.15, -0.1) is 0 Å². The van der Waals surface area contributed by atoms with Gasteiger partial charge in [0.1, 0.15) is 12.1 Å². The van der Waals surface area contributed by atoms with Gasteiger partial charge in [0.2, 0.25) is 5.91 Å². The molecule has 2 rings (SSSR count). The van der Waals surface area contributed by atoms with Crippen molar-refractivity contribution in [1.29, 1.82) is 0 Å². The summed E-state index contributed by atoms with van der Waals surface area (Å²) in [6, 6.07) is -3.15. The van der Waals surface area contributed by atoms with Crippen LogP contribution in [0.2, 0.25) is 0 Å². The quantitative estimate of drug-likeness (QED) is 0.355. The monoisotopic (exact) mass is 513 g/mol. The van der Waals surface area contributed by atoms with Crippen LogP contribution in [0.4, 0.5) is 26.3 Å². The highest BCUT2D eigenvalue weighted by atomic mass is 19.4. The molecule has 0 radical (unpaired) electrons. The number of allylic oxidation sites excluding steroid dienone is 2. The molecule has 0 saturated heterocycles. The molecule has 0 saturated carbocycles. The molecule has 0 fully saturated rings. The smallest absolute Gasteiger partial charge is 0.422 e. The lowest BCUT2D eigenvalue weighted by Gasteiger charge is -2.30. The molecular weight excluding hydrogens is 488 g/mol. The van der Waals surface area contributed by atoms with Crippen LogP contribution in [0.1, 0.15) is 19.3 Å². The molecule has 1 heterocycles. The van der Waals surface area contributed by atoms with Gasteiger partial charge in [-0.05, 0) is 12.8 Å². The van der Waals surface area contributed by atoms with Gasteiger partial charge in [0, 0.05) is 31.5 Å². The zero-order chi connectivity index (χ0) is 26.4. The van der Waals surface area contributed by atoms with Gasteiger partial charge in [-0.3, -0.25) is 14.6 Å². The minimum atomic E-state index is -4.77. The van der Waals surface area contributed by atoms with Crippen LogP contribution in [0, 0.1) is 11.8 Å². The molecule has 5 atom stereocenters. The largest absolute Gasteiger partial charge is 0.455 e. The van der Waals surface area contributed by atoms with Crippen molar-refractivity contribution >= 4 is 24.1 Å². The summed E-state index contributed by atoms with van der Waals surface area (Å²) >= 11 is 0. The molecule has 5 unspecified atom stereocenters. The van der Waals surface area contributed by atoms with Crippen LogP contribution in [-0.2, 0) is 23.9 Å². The highest BCUT2D eigenvalue weighted by Crippen LogP contribution is 2.32. The Morgan fingerprint density at radius 3 is 2.17 bits per heavy atom. The fourth-order valence-electron chi connectivity index (χ4n) is 3.61. The van der Waals surface area contributed by atoms with Crippen LogP contribution in [0.5, 0.6) is 0 Å². The summed E-state index contributed by atoms with van der Waals surface area (Å²) in [5.41, 5.74) is 5.47. The maximum absolute atomic E-state index is 12.6. The first-order valence-corrected chi connectivity index (χ1v) is 10.5. The van der Waals surface area contributed by atoms with E-state index in [2.05, 4.69) is 14.5 Å². The van der Waals surface area contributed by atoms with Crippen LogP contribution >= 0.6 is 0 Å². The van der Waals surface area contributed by atoms with Gasteiger partial charge in [0.15, 0.2) is 13.2 Å². The first-order chi connectivity index (χ1) is 16.2. The molecule has 0 spiro atoms. The van der Waals surface area contributed by atoms with Gasteiger partial charge < -0.3 is 20.1 Å². The zero-order valence-electron chi connectivity index (χ0n) is 18.6. The number of carbonyl (C=O) groups is 3. The van der Waals surface area contributed by atoms with Crippen molar-refractivity contribution in [1.82, 2.24) is 4.90 Å². The number of halogens is 6. The Morgan fingerprint density at radius 1 is 1.00 bits per heavy atom. The molecule has 0 aromatic rings. The van der Waals surface area contributed by atoms with E-state index in [-0.39, 0.29) is 24.3 Å². The van der Waals surface area contributed by atoms with E-state index in [9.17, 15) is 40.7 Å². The van der Waals surface area contributed by atoms with Crippen molar-refractivity contribution in [2.45, 2.75) is 49.7 Å². The van der Waals surface area contributed by atoms with Gasteiger partial charge in [-0.1, -0.05) is 24.3 Å². The molecular formula is C21H25F6N3O5. The molecule has 1 aliphatic carbocycles. The van der Waals surface area contributed by atoms with Crippen LogP contribution in [0.15, 0.2) is 29.3 Å².